The van der Waals surface area contributed by atoms with E-state index in [2.05, 4.69) is 9.80 Å². The van der Waals surface area contributed by atoms with Gasteiger partial charge in [0.25, 0.3) is 0 Å². The first-order valence-corrected chi connectivity index (χ1v) is 10.6. The Morgan fingerprint density at radius 3 is 2.40 bits per heavy atom. The molecule has 1 atom stereocenters. The Bertz CT molecular complexity index is 797. The molecule has 164 valence electrons. The highest BCUT2D eigenvalue weighted by atomic mass is 35.5. The molecule has 3 rings (SSSR count). The van der Waals surface area contributed by atoms with E-state index in [0.717, 1.165) is 55.3 Å². The Kier molecular flexibility index (Phi) is 8.78. The molecule has 1 aliphatic heterocycles. The van der Waals surface area contributed by atoms with Crippen LogP contribution in [0.5, 0.6) is 11.5 Å². The average molecular weight is 435 g/mol. The summed E-state index contributed by atoms with van der Waals surface area (Å²) in [4.78, 5) is 4.68. The van der Waals surface area contributed by atoms with Gasteiger partial charge in [-0.3, -0.25) is 9.80 Å². The lowest BCUT2D eigenvalue weighted by Crippen LogP contribution is -2.48. The summed E-state index contributed by atoms with van der Waals surface area (Å²) in [5.74, 6) is 1.72. The molecular formula is C23H31ClN2O4. The molecule has 0 aromatic heterocycles. The minimum absolute atomic E-state index is 0.298. The second-order valence-electron chi connectivity index (χ2n) is 7.51. The van der Waals surface area contributed by atoms with Crippen molar-refractivity contribution < 1.29 is 19.3 Å². The molecule has 0 saturated carbocycles. The van der Waals surface area contributed by atoms with Gasteiger partial charge in [-0.05, 0) is 29.8 Å². The Hall–Kier alpha value is -1.83. The van der Waals surface area contributed by atoms with Gasteiger partial charge in [0.1, 0.15) is 11.5 Å². The van der Waals surface area contributed by atoms with E-state index < -0.39 is 6.10 Å². The van der Waals surface area contributed by atoms with E-state index in [1.54, 1.807) is 14.2 Å². The minimum atomic E-state index is -0.516. The van der Waals surface area contributed by atoms with Crippen molar-refractivity contribution in [2.24, 2.45) is 0 Å². The number of aliphatic hydroxyl groups is 1. The van der Waals surface area contributed by atoms with Crippen LogP contribution in [-0.2, 0) is 17.9 Å². The third-order valence-corrected chi connectivity index (χ3v) is 5.71. The quantitative estimate of drug-likeness (QED) is 0.620. The summed E-state index contributed by atoms with van der Waals surface area (Å²) in [6.07, 6.45) is -0.516. The van der Waals surface area contributed by atoms with Crippen molar-refractivity contribution in [2.45, 2.75) is 19.3 Å². The molecule has 1 heterocycles. The van der Waals surface area contributed by atoms with E-state index >= 15 is 0 Å². The molecule has 0 unspecified atom stereocenters. The predicted octanol–water partition coefficient (Wildman–Crippen LogP) is 3.05. The molecule has 0 amide bonds. The fraction of sp³-hybridized carbons (Fsp3) is 0.478. The smallest absolute Gasteiger partial charge is 0.123 e. The topological polar surface area (TPSA) is 54.4 Å². The first kappa shape index (κ1) is 22.8. The highest BCUT2D eigenvalue weighted by Gasteiger charge is 2.20. The van der Waals surface area contributed by atoms with Gasteiger partial charge in [-0.25, -0.2) is 0 Å². The monoisotopic (exact) mass is 434 g/mol. The SMILES string of the molecule is COc1ccc(OC)c(CN2CCN(C[C@@H](O)COCc3ccccc3Cl)CC2)c1. The molecule has 0 radical (unpaired) electrons. The summed E-state index contributed by atoms with van der Waals surface area (Å²) in [6, 6.07) is 13.5. The van der Waals surface area contributed by atoms with Gasteiger partial charge >= 0.3 is 0 Å². The minimum Gasteiger partial charge on any atom is -0.497 e. The van der Waals surface area contributed by atoms with E-state index in [0.29, 0.717) is 24.8 Å². The van der Waals surface area contributed by atoms with E-state index in [1.807, 2.05) is 42.5 Å². The van der Waals surface area contributed by atoms with Gasteiger partial charge in [-0.15, -0.1) is 0 Å². The molecular weight excluding hydrogens is 404 g/mol. The molecule has 1 aliphatic rings. The zero-order valence-electron chi connectivity index (χ0n) is 17.7. The Balaban J connectivity index is 1.39. The van der Waals surface area contributed by atoms with Gasteiger partial charge in [0.05, 0.1) is 33.5 Å². The number of hydrogen-bond donors (Lipinski definition) is 1. The third-order valence-electron chi connectivity index (χ3n) is 5.34. The normalized spacial score (nSPS) is 16.4. The molecule has 2 aromatic carbocycles. The number of methoxy groups -OCH3 is 2. The van der Waals surface area contributed by atoms with Crippen LogP contribution in [0.4, 0.5) is 0 Å². The Morgan fingerprint density at radius 2 is 1.70 bits per heavy atom. The number of hydrogen-bond acceptors (Lipinski definition) is 6. The summed E-state index contributed by atoms with van der Waals surface area (Å²) in [5, 5.41) is 11.0. The van der Waals surface area contributed by atoms with Crippen LogP contribution in [-0.4, -0.2) is 74.6 Å². The lowest BCUT2D eigenvalue weighted by atomic mass is 10.1. The number of ether oxygens (including phenoxy) is 3. The van der Waals surface area contributed by atoms with Gasteiger partial charge in [-0.2, -0.15) is 0 Å². The molecule has 2 aromatic rings. The van der Waals surface area contributed by atoms with Crippen LogP contribution in [0.25, 0.3) is 0 Å². The Labute approximate surface area is 183 Å². The van der Waals surface area contributed by atoms with Crippen LogP contribution in [0.3, 0.4) is 0 Å². The maximum atomic E-state index is 10.3. The number of piperazine rings is 1. The number of nitrogens with zero attached hydrogens (tertiary/aromatic N) is 2. The molecule has 0 aliphatic carbocycles. The fourth-order valence-electron chi connectivity index (χ4n) is 3.65. The van der Waals surface area contributed by atoms with Crippen molar-refractivity contribution in [2.75, 3.05) is 53.6 Å². The number of benzene rings is 2. The second kappa shape index (κ2) is 11.5. The highest BCUT2D eigenvalue weighted by Crippen LogP contribution is 2.25. The fourth-order valence-corrected chi connectivity index (χ4v) is 3.84. The molecule has 1 saturated heterocycles. The van der Waals surface area contributed by atoms with Crippen molar-refractivity contribution in [1.29, 1.82) is 0 Å². The van der Waals surface area contributed by atoms with Crippen molar-refractivity contribution >= 4 is 11.6 Å². The Morgan fingerprint density at radius 1 is 0.967 bits per heavy atom. The predicted molar refractivity (Wildman–Crippen MR) is 118 cm³/mol. The zero-order valence-corrected chi connectivity index (χ0v) is 18.5. The maximum Gasteiger partial charge on any atom is 0.123 e. The van der Waals surface area contributed by atoms with Gasteiger partial charge in [0, 0.05) is 49.9 Å². The molecule has 6 nitrogen and oxygen atoms in total. The first-order valence-electron chi connectivity index (χ1n) is 10.2. The summed E-state index contributed by atoms with van der Waals surface area (Å²) in [6.45, 7) is 5.83. The van der Waals surface area contributed by atoms with Crippen LogP contribution in [0.1, 0.15) is 11.1 Å². The molecule has 1 fully saturated rings. The number of rotatable bonds is 10. The van der Waals surface area contributed by atoms with Crippen LogP contribution in [0.15, 0.2) is 42.5 Å². The van der Waals surface area contributed by atoms with Crippen LogP contribution < -0.4 is 9.47 Å². The number of halogens is 1. The third kappa shape index (κ3) is 6.59. The summed E-state index contributed by atoms with van der Waals surface area (Å²) in [7, 11) is 3.37. The maximum absolute atomic E-state index is 10.3. The average Bonchev–Trinajstić information content (AvgIpc) is 2.76. The van der Waals surface area contributed by atoms with Crippen molar-refractivity contribution in [3.63, 3.8) is 0 Å². The van der Waals surface area contributed by atoms with Gasteiger partial charge in [0.2, 0.25) is 0 Å². The highest BCUT2D eigenvalue weighted by molar-refractivity contribution is 6.31. The van der Waals surface area contributed by atoms with Gasteiger partial charge in [0.15, 0.2) is 0 Å². The van der Waals surface area contributed by atoms with Gasteiger partial charge in [-0.1, -0.05) is 29.8 Å². The molecule has 30 heavy (non-hydrogen) atoms. The number of aliphatic hydroxyl groups excluding tert-OH is 1. The number of β-amino-alcohol motifs (C(OH)–C–C–N with tert-alkyl or cyclic N) is 1. The molecule has 7 heteroatoms. The largest absolute Gasteiger partial charge is 0.497 e. The lowest BCUT2D eigenvalue weighted by molar-refractivity contribution is 0.000855. The lowest BCUT2D eigenvalue weighted by Gasteiger charge is -2.35. The van der Waals surface area contributed by atoms with Crippen LogP contribution in [0, 0.1) is 0 Å². The standard InChI is InChI=1S/C23H31ClN2O4/c1-28-21-7-8-23(29-2)19(13-21)14-25-9-11-26(12-10-25)15-20(27)17-30-16-18-5-3-4-6-22(18)24/h3-8,13,20,27H,9-12,14-17H2,1-2H3/t20-/m1/s1. The molecule has 0 spiro atoms. The van der Waals surface area contributed by atoms with E-state index in [-0.39, 0.29) is 0 Å². The van der Waals surface area contributed by atoms with Crippen molar-refractivity contribution in [1.82, 2.24) is 9.80 Å². The second-order valence-corrected chi connectivity index (χ2v) is 7.92. The van der Waals surface area contributed by atoms with Gasteiger partial charge < -0.3 is 19.3 Å². The van der Waals surface area contributed by atoms with Crippen LogP contribution >= 0.6 is 11.6 Å². The van der Waals surface area contributed by atoms with E-state index in [4.69, 9.17) is 25.8 Å². The zero-order chi connectivity index (χ0) is 21.3. The summed E-state index contributed by atoms with van der Waals surface area (Å²) in [5.41, 5.74) is 2.06. The van der Waals surface area contributed by atoms with Crippen LogP contribution in [0.2, 0.25) is 5.02 Å². The molecule has 0 bridgehead atoms. The van der Waals surface area contributed by atoms with Crippen molar-refractivity contribution in [3.05, 3.63) is 58.6 Å². The summed E-state index contributed by atoms with van der Waals surface area (Å²) < 4.78 is 16.5. The van der Waals surface area contributed by atoms with Crippen molar-refractivity contribution in [3.8, 4) is 11.5 Å². The molecule has 1 N–H and O–H groups in total. The summed E-state index contributed by atoms with van der Waals surface area (Å²) >= 11 is 6.13. The first-order chi connectivity index (χ1) is 14.6. The van der Waals surface area contributed by atoms with E-state index in [1.165, 1.54) is 0 Å². The van der Waals surface area contributed by atoms with E-state index in [9.17, 15) is 5.11 Å².